The van der Waals surface area contributed by atoms with Gasteiger partial charge in [0, 0.05) is 25.2 Å². The normalized spacial score (nSPS) is 12.5. The molecule has 3 heteroatoms. The number of halogens is 1. The predicted molar refractivity (Wildman–Crippen MR) is 62.0 cm³/mol. The number of carbonyl (C=O) groups excluding carboxylic acids is 1. The lowest BCUT2D eigenvalue weighted by molar-refractivity contribution is -0.119. The Kier molecular flexibility index (Phi) is 4.76. The van der Waals surface area contributed by atoms with Gasteiger partial charge in [-0.05, 0) is 17.5 Å². The van der Waals surface area contributed by atoms with Gasteiger partial charge in [-0.3, -0.25) is 9.78 Å². The molecule has 0 bridgehead atoms. The minimum atomic E-state index is 0.248. The highest BCUT2D eigenvalue weighted by atomic mass is 35.5. The molecule has 1 rings (SSSR count). The number of aromatic nitrogens is 1. The van der Waals surface area contributed by atoms with Crippen molar-refractivity contribution < 1.29 is 4.79 Å². The van der Waals surface area contributed by atoms with Gasteiger partial charge in [-0.15, -0.1) is 0 Å². The van der Waals surface area contributed by atoms with Gasteiger partial charge in [-0.2, -0.15) is 0 Å². The Morgan fingerprint density at radius 2 is 2.33 bits per heavy atom. The minimum absolute atomic E-state index is 0.248. The predicted octanol–water partition coefficient (Wildman–Crippen LogP) is 3.28. The second-order valence-electron chi connectivity index (χ2n) is 3.90. The number of rotatable bonds is 5. The van der Waals surface area contributed by atoms with Crippen LogP contribution in [-0.4, -0.2) is 10.8 Å². The maximum Gasteiger partial charge on any atom is 0.137 e. The van der Waals surface area contributed by atoms with Crippen molar-refractivity contribution in [1.29, 1.82) is 0 Å². The van der Waals surface area contributed by atoms with Gasteiger partial charge in [0.2, 0.25) is 0 Å². The van der Waals surface area contributed by atoms with Gasteiger partial charge in [0.25, 0.3) is 0 Å². The number of carbonyl (C=O) groups is 1. The Bertz CT molecular complexity index is 338. The molecule has 0 saturated heterocycles. The van der Waals surface area contributed by atoms with Crippen molar-refractivity contribution in [2.24, 2.45) is 5.92 Å². The quantitative estimate of drug-likeness (QED) is 0.770. The zero-order valence-electron chi connectivity index (χ0n) is 9.16. The highest BCUT2D eigenvalue weighted by molar-refractivity contribution is 6.31. The SMILES string of the molecule is CCC(C)CC(=O)Cc1ccncc1Cl. The Morgan fingerprint density at radius 1 is 1.60 bits per heavy atom. The summed E-state index contributed by atoms with van der Waals surface area (Å²) in [5.74, 6) is 0.704. The maximum absolute atomic E-state index is 11.7. The van der Waals surface area contributed by atoms with E-state index in [-0.39, 0.29) is 5.78 Å². The second kappa shape index (κ2) is 5.86. The Labute approximate surface area is 95.7 Å². The molecular weight excluding hydrogens is 210 g/mol. The number of ketones is 1. The Balaban J connectivity index is 2.55. The van der Waals surface area contributed by atoms with Crippen LogP contribution >= 0.6 is 11.6 Å². The lowest BCUT2D eigenvalue weighted by atomic mass is 9.98. The summed E-state index contributed by atoms with van der Waals surface area (Å²) < 4.78 is 0. The summed E-state index contributed by atoms with van der Waals surface area (Å²) in [6, 6.07) is 1.80. The van der Waals surface area contributed by atoms with Crippen molar-refractivity contribution in [2.45, 2.75) is 33.1 Å². The van der Waals surface area contributed by atoms with Crippen LogP contribution in [0.2, 0.25) is 5.02 Å². The van der Waals surface area contributed by atoms with Gasteiger partial charge < -0.3 is 0 Å². The molecule has 2 nitrogen and oxygen atoms in total. The number of pyridine rings is 1. The monoisotopic (exact) mass is 225 g/mol. The number of Topliss-reactive ketones (excluding diaryl/α,β-unsaturated/α-hetero) is 1. The fraction of sp³-hybridized carbons (Fsp3) is 0.500. The molecule has 0 aliphatic heterocycles. The van der Waals surface area contributed by atoms with Crippen LogP contribution < -0.4 is 0 Å². The third-order valence-corrected chi connectivity index (χ3v) is 2.86. The molecule has 1 heterocycles. The lowest BCUT2D eigenvalue weighted by Gasteiger charge is -2.07. The van der Waals surface area contributed by atoms with Gasteiger partial charge >= 0.3 is 0 Å². The van der Waals surface area contributed by atoms with Crippen LogP contribution in [0.25, 0.3) is 0 Å². The van der Waals surface area contributed by atoms with E-state index in [2.05, 4.69) is 18.8 Å². The van der Waals surface area contributed by atoms with E-state index in [1.165, 1.54) is 0 Å². The molecule has 0 aliphatic carbocycles. The van der Waals surface area contributed by atoms with Crippen molar-refractivity contribution in [1.82, 2.24) is 4.98 Å². The van der Waals surface area contributed by atoms with Crippen LogP contribution in [-0.2, 0) is 11.2 Å². The zero-order chi connectivity index (χ0) is 11.3. The van der Waals surface area contributed by atoms with Crippen LogP contribution in [0.15, 0.2) is 18.5 Å². The molecular formula is C12H16ClNO. The van der Waals surface area contributed by atoms with E-state index in [1.54, 1.807) is 18.5 Å². The van der Waals surface area contributed by atoms with Crippen molar-refractivity contribution in [3.05, 3.63) is 29.0 Å². The zero-order valence-corrected chi connectivity index (χ0v) is 9.92. The van der Waals surface area contributed by atoms with E-state index in [9.17, 15) is 4.79 Å². The standard InChI is InChI=1S/C12H16ClNO/c1-3-9(2)6-11(15)7-10-4-5-14-8-12(10)13/h4-5,8-9H,3,6-7H2,1-2H3. The average molecular weight is 226 g/mol. The van der Waals surface area contributed by atoms with E-state index < -0.39 is 0 Å². The number of hydrogen-bond donors (Lipinski definition) is 0. The smallest absolute Gasteiger partial charge is 0.137 e. The highest BCUT2D eigenvalue weighted by Gasteiger charge is 2.10. The first-order valence-corrected chi connectivity index (χ1v) is 5.61. The molecule has 15 heavy (non-hydrogen) atoms. The van der Waals surface area contributed by atoms with Crippen molar-refractivity contribution in [2.75, 3.05) is 0 Å². The first-order chi connectivity index (χ1) is 7.13. The second-order valence-corrected chi connectivity index (χ2v) is 4.31. The van der Waals surface area contributed by atoms with Crippen LogP contribution in [0.5, 0.6) is 0 Å². The van der Waals surface area contributed by atoms with Crippen LogP contribution in [0, 0.1) is 5.92 Å². The molecule has 0 spiro atoms. The summed E-state index contributed by atoms with van der Waals surface area (Å²) in [5, 5.41) is 0.579. The molecule has 0 aromatic carbocycles. The summed E-state index contributed by atoms with van der Waals surface area (Å²) in [6.07, 6.45) is 5.34. The Hall–Kier alpha value is -0.890. The third kappa shape index (κ3) is 4.00. The topological polar surface area (TPSA) is 30.0 Å². The van der Waals surface area contributed by atoms with E-state index in [1.807, 2.05) is 0 Å². The summed E-state index contributed by atoms with van der Waals surface area (Å²) >= 11 is 5.92. The van der Waals surface area contributed by atoms with Gasteiger partial charge in [0.1, 0.15) is 5.78 Å². The van der Waals surface area contributed by atoms with Crippen molar-refractivity contribution >= 4 is 17.4 Å². The molecule has 1 aromatic heterocycles. The van der Waals surface area contributed by atoms with Crippen LogP contribution in [0.1, 0.15) is 32.3 Å². The fourth-order valence-corrected chi connectivity index (χ4v) is 1.55. The fourth-order valence-electron chi connectivity index (χ4n) is 1.36. The maximum atomic E-state index is 11.7. The van der Waals surface area contributed by atoms with Gasteiger partial charge in [0.05, 0.1) is 5.02 Å². The van der Waals surface area contributed by atoms with E-state index >= 15 is 0 Å². The molecule has 0 fully saturated rings. The molecule has 82 valence electrons. The first kappa shape index (κ1) is 12.2. The summed E-state index contributed by atoms with van der Waals surface area (Å²) in [7, 11) is 0. The van der Waals surface area contributed by atoms with Crippen LogP contribution in [0.3, 0.4) is 0 Å². The minimum Gasteiger partial charge on any atom is -0.299 e. The molecule has 1 atom stereocenters. The third-order valence-electron chi connectivity index (χ3n) is 2.52. The summed E-state index contributed by atoms with van der Waals surface area (Å²) in [6.45, 7) is 4.18. The molecule has 0 saturated carbocycles. The Morgan fingerprint density at radius 3 is 2.93 bits per heavy atom. The summed E-state index contributed by atoms with van der Waals surface area (Å²) in [5.41, 5.74) is 0.875. The van der Waals surface area contributed by atoms with Gasteiger partial charge in [-0.25, -0.2) is 0 Å². The van der Waals surface area contributed by atoms with E-state index in [4.69, 9.17) is 11.6 Å². The average Bonchev–Trinajstić information content (AvgIpc) is 2.21. The molecule has 1 aromatic rings. The first-order valence-electron chi connectivity index (χ1n) is 5.23. The lowest BCUT2D eigenvalue weighted by Crippen LogP contribution is -2.08. The molecule has 0 radical (unpaired) electrons. The van der Waals surface area contributed by atoms with Crippen molar-refractivity contribution in [3.63, 3.8) is 0 Å². The number of nitrogens with zero attached hydrogens (tertiary/aromatic N) is 1. The van der Waals surface area contributed by atoms with E-state index in [0.717, 1.165) is 12.0 Å². The van der Waals surface area contributed by atoms with Gasteiger partial charge in [0.15, 0.2) is 0 Å². The number of hydrogen-bond acceptors (Lipinski definition) is 2. The highest BCUT2D eigenvalue weighted by Crippen LogP contribution is 2.16. The molecule has 0 aliphatic rings. The van der Waals surface area contributed by atoms with Gasteiger partial charge in [-0.1, -0.05) is 31.9 Å². The molecule has 1 unspecified atom stereocenters. The van der Waals surface area contributed by atoms with Crippen molar-refractivity contribution in [3.8, 4) is 0 Å². The molecule has 0 N–H and O–H groups in total. The molecule has 0 amide bonds. The summed E-state index contributed by atoms with van der Waals surface area (Å²) in [4.78, 5) is 15.5. The van der Waals surface area contributed by atoms with E-state index in [0.29, 0.717) is 23.8 Å². The largest absolute Gasteiger partial charge is 0.299 e. The van der Waals surface area contributed by atoms with Crippen LogP contribution in [0.4, 0.5) is 0 Å².